The molecule has 0 aromatic carbocycles. The number of aryl methyl sites for hydroxylation is 1. The van der Waals surface area contributed by atoms with Gasteiger partial charge in [0.1, 0.15) is 5.69 Å². The summed E-state index contributed by atoms with van der Waals surface area (Å²) in [6.07, 6.45) is 3.61. The van der Waals surface area contributed by atoms with E-state index in [9.17, 15) is 9.90 Å². The Morgan fingerprint density at radius 2 is 2.05 bits per heavy atom. The lowest BCUT2D eigenvalue weighted by atomic mass is 10.2. The third kappa shape index (κ3) is 2.24. The highest BCUT2D eigenvalue weighted by atomic mass is 32.2. The van der Waals surface area contributed by atoms with Gasteiger partial charge in [0.05, 0.1) is 11.9 Å². The van der Waals surface area contributed by atoms with Crippen LogP contribution in [0.15, 0.2) is 23.3 Å². The molecule has 6 nitrogen and oxygen atoms in total. The zero-order chi connectivity index (χ0) is 15.1. The molecule has 2 aliphatic heterocycles. The van der Waals surface area contributed by atoms with Gasteiger partial charge in [-0.05, 0) is 0 Å². The van der Waals surface area contributed by atoms with Gasteiger partial charge in [-0.25, -0.2) is 4.98 Å². The predicted molar refractivity (Wildman–Crippen MR) is 86.2 cm³/mol. The summed E-state index contributed by atoms with van der Waals surface area (Å²) in [5.41, 5.74) is 1.35. The lowest BCUT2D eigenvalue weighted by molar-refractivity contribution is 0.285. The topological polar surface area (TPSA) is 63.3 Å². The molecule has 2 aromatic heterocycles. The molecule has 1 saturated heterocycles. The maximum Gasteiger partial charge on any atom is 0.223 e. The molecule has 4 rings (SSSR count). The van der Waals surface area contributed by atoms with Crippen molar-refractivity contribution in [3.8, 4) is 17.3 Å². The maximum absolute atomic E-state index is 11.7. The lowest BCUT2D eigenvalue weighted by Crippen LogP contribution is -2.33. The Morgan fingerprint density at radius 3 is 2.86 bits per heavy atom. The van der Waals surface area contributed by atoms with Crippen LogP contribution < -0.4 is 5.43 Å². The van der Waals surface area contributed by atoms with Gasteiger partial charge in [-0.2, -0.15) is 11.8 Å². The minimum atomic E-state index is -0.350. The van der Waals surface area contributed by atoms with E-state index in [-0.39, 0.29) is 11.2 Å². The van der Waals surface area contributed by atoms with Crippen LogP contribution in [0.5, 0.6) is 5.75 Å². The highest BCUT2D eigenvalue weighted by molar-refractivity contribution is 7.99. The van der Waals surface area contributed by atoms with E-state index in [0.717, 1.165) is 38.4 Å². The molecule has 0 saturated carbocycles. The van der Waals surface area contributed by atoms with Crippen LogP contribution in [-0.2, 0) is 19.6 Å². The van der Waals surface area contributed by atoms with Gasteiger partial charge in [-0.15, -0.1) is 0 Å². The van der Waals surface area contributed by atoms with Crippen molar-refractivity contribution >= 4 is 11.8 Å². The quantitative estimate of drug-likeness (QED) is 0.894. The van der Waals surface area contributed by atoms with Crippen molar-refractivity contribution < 1.29 is 5.11 Å². The minimum absolute atomic E-state index is 0.199. The molecule has 0 spiro atoms. The van der Waals surface area contributed by atoms with E-state index >= 15 is 0 Å². The van der Waals surface area contributed by atoms with E-state index in [4.69, 9.17) is 0 Å². The summed E-state index contributed by atoms with van der Waals surface area (Å²) in [6, 6.07) is 1.41. The lowest BCUT2D eigenvalue weighted by Gasteiger charge is -2.28. The third-order valence-electron chi connectivity index (χ3n) is 4.35. The Kier molecular flexibility index (Phi) is 3.46. The highest BCUT2D eigenvalue weighted by Gasteiger charge is 2.24. The SMILES string of the molecule is O=c1ccn2c(c1O)-c1ncc(CN3CCSCC3)n1CC2. The molecule has 0 amide bonds. The number of fused-ring (bicyclic) bond motifs is 3. The molecule has 0 radical (unpaired) electrons. The van der Waals surface area contributed by atoms with Gasteiger partial charge in [0.15, 0.2) is 11.6 Å². The van der Waals surface area contributed by atoms with Crippen LogP contribution in [0.3, 0.4) is 0 Å². The molecule has 0 bridgehead atoms. The highest BCUT2D eigenvalue weighted by Crippen LogP contribution is 2.30. The monoisotopic (exact) mass is 318 g/mol. The molecule has 0 atom stereocenters. The fourth-order valence-corrected chi connectivity index (χ4v) is 4.14. The first-order valence-electron chi connectivity index (χ1n) is 7.51. The first-order valence-corrected chi connectivity index (χ1v) is 8.67. The van der Waals surface area contributed by atoms with Crippen molar-refractivity contribution in [2.45, 2.75) is 19.6 Å². The summed E-state index contributed by atoms with van der Waals surface area (Å²) in [5, 5.41) is 10.1. The number of aromatic nitrogens is 3. The first kappa shape index (κ1) is 13.9. The summed E-state index contributed by atoms with van der Waals surface area (Å²) in [5.74, 6) is 2.86. The molecule has 116 valence electrons. The second-order valence-electron chi connectivity index (χ2n) is 5.68. The van der Waals surface area contributed by atoms with Crippen LogP contribution in [0.2, 0.25) is 0 Å². The minimum Gasteiger partial charge on any atom is -0.503 e. The van der Waals surface area contributed by atoms with E-state index in [2.05, 4.69) is 14.5 Å². The largest absolute Gasteiger partial charge is 0.503 e. The Balaban J connectivity index is 1.71. The number of pyridine rings is 1. The van der Waals surface area contributed by atoms with Gasteiger partial charge >= 0.3 is 0 Å². The summed E-state index contributed by atoms with van der Waals surface area (Å²) in [7, 11) is 0. The van der Waals surface area contributed by atoms with Gasteiger partial charge < -0.3 is 14.2 Å². The van der Waals surface area contributed by atoms with Crippen molar-refractivity contribution in [3.63, 3.8) is 0 Å². The zero-order valence-electron chi connectivity index (χ0n) is 12.2. The van der Waals surface area contributed by atoms with Crippen LogP contribution >= 0.6 is 11.8 Å². The van der Waals surface area contributed by atoms with Crippen LogP contribution in [0, 0.1) is 0 Å². The molecule has 0 unspecified atom stereocenters. The predicted octanol–water partition coefficient (Wildman–Crippen LogP) is 0.980. The van der Waals surface area contributed by atoms with E-state index in [0.29, 0.717) is 11.5 Å². The standard InChI is InChI=1S/C15H18N4O2S/c20-12-1-2-18-3-4-19-11(10-17-5-7-22-8-6-17)9-16-15(19)13(18)14(12)21/h1-2,9,21H,3-8,10H2. The number of rotatable bonds is 2. The molecular weight excluding hydrogens is 300 g/mol. The smallest absolute Gasteiger partial charge is 0.223 e. The molecule has 2 aliphatic rings. The number of hydrogen-bond acceptors (Lipinski definition) is 5. The molecule has 2 aromatic rings. The zero-order valence-corrected chi connectivity index (χ0v) is 13.1. The van der Waals surface area contributed by atoms with Crippen LogP contribution in [0.25, 0.3) is 11.5 Å². The number of hydrogen-bond donors (Lipinski definition) is 1. The van der Waals surface area contributed by atoms with Crippen molar-refractivity contribution in [1.82, 2.24) is 19.0 Å². The summed E-state index contributed by atoms with van der Waals surface area (Å²) >= 11 is 2.00. The van der Waals surface area contributed by atoms with Gasteiger partial charge in [0, 0.05) is 56.5 Å². The number of imidazole rings is 1. The van der Waals surface area contributed by atoms with Crippen LogP contribution in [0.1, 0.15) is 5.69 Å². The van der Waals surface area contributed by atoms with Crippen molar-refractivity contribution in [1.29, 1.82) is 0 Å². The summed E-state index contributed by atoms with van der Waals surface area (Å²) < 4.78 is 4.04. The van der Waals surface area contributed by atoms with Crippen molar-refractivity contribution in [2.24, 2.45) is 0 Å². The fraction of sp³-hybridized carbons (Fsp3) is 0.467. The van der Waals surface area contributed by atoms with Gasteiger partial charge in [-0.3, -0.25) is 9.69 Å². The van der Waals surface area contributed by atoms with E-state index in [1.807, 2.05) is 22.5 Å². The van der Waals surface area contributed by atoms with Crippen LogP contribution in [0.4, 0.5) is 0 Å². The number of nitrogens with zero attached hydrogens (tertiary/aromatic N) is 4. The fourth-order valence-electron chi connectivity index (χ4n) is 3.16. The molecule has 0 aliphatic carbocycles. The maximum atomic E-state index is 11.7. The normalized spacial score (nSPS) is 18.0. The Hall–Kier alpha value is -1.73. The third-order valence-corrected chi connectivity index (χ3v) is 5.30. The summed E-state index contributed by atoms with van der Waals surface area (Å²) in [4.78, 5) is 18.6. The van der Waals surface area contributed by atoms with Gasteiger partial charge in [-0.1, -0.05) is 0 Å². The van der Waals surface area contributed by atoms with E-state index in [1.165, 1.54) is 17.6 Å². The molecule has 4 heterocycles. The summed E-state index contributed by atoms with van der Waals surface area (Å²) in [6.45, 7) is 4.66. The number of aromatic hydroxyl groups is 1. The second-order valence-corrected chi connectivity index (χ2v) is 6.91. The Bertz CT molecular complexity index is 761. The van der Waals surface area contributed by atoms with Crippen molar-refractivity contribution in [2.75, 3.05) is 24.6 Å². The molecule has 1 N–H and O–H groups in total. The van der Waals surface area contributed by atoms with Crippen LogP contribution in [-0.4, -0.2) is 48.7 Å². The van der Waals surface area contributed by atoms with E-state index in [1.54, 1.807) is 6.20 Å². The number of thioether (sulfide) groups is 1. The molecule has 7 heteroatoms. The Labute approximate surface area is 132 Å². The average molecular weight is 318 g/mol. The van der Waals surface area contributed by atoms with E-state index < -0.39 is 0 Å². The second kappa shape index (κ2) is 5.48. The molecular formula is C15H18N4O2S. The average Bonchev–Trinajstić information content (AvgIpc) is 2.95. The first-order chi connectivity index (χ1) is 10.7. The van der Waals surface area contributed by atoms with Crippen molar-refractivity contribution in [3.05, 3.63) is 34.4 Å². The van der Waals surface area contributed by atoms with Gasteiger partial charge in [0.25, 0.3) is 0 Å². The molecule has 1 fully saturated rings. The molecule has 22 heavy (non-hydrogen) atoms. The Morgan fingerprint density at radius 1 is 1.23 bits per heavy atom. The van der Waals surface area contributed by atoms with Gasteiger partial charge in [0.2, 0.25) is 5.43 Å².